The molecule has 0 saturated heterocycles. The Kier molecular flexibility index (Phi) is 1.28. The van der Waals surface area contributed by atoms with E-state index in [1.165, 1.54) is 0 Å². The SMILES string of the molecule is COc1n[nH]c2ccccc12. The third kappa shape index (κ3) is 0.852. The Labute approximate surface area is 64.0 Å². The van der Waals surface area contributed by atoms with E-state index >= 15 is 0 Å². The van der Waals surface area contributed by atoms with Crippen LogP contribution in [0.25, 0.3) is 10.9 Å². The second-order valence-corrected chi connectivity index (χ2v) is 2.28. The molecule has 0 unspecified atom stereocenters. The van der Waals surface area contributed by atoms with Gasteiger partial charge in [-0.2, -0.15) is 0 Å². The van der Waals surface area contributed by atoms with Crippen molar-refractivity contribution in [2.75, 3.05) is 7.11 Å². The second-order valence-electron chi connectivity index (χ2n) is 2.28. The molecular weight excluding hydrogens is 140 g/mol. The minimum Gasteiger partial charge on any atom is -0.480 e. The first-order chi connectivity index (χ1) is 5.42. The molecule has 1 aromatic carbocycles. The maximum absolute atomic E-state index is 5.03. The molecule has 0 bridgehead atoms. The van der Waals surface area contributed by atoms with Gasteiger partial charge in [-0.1, -0.05) is 12.1 Å². The monoisotopic (exact) mass is 148 g/mol. The zero-order valence-electron chi connectivity index (χ0n) is 6.16. The number of fused-ring (bicyclic) bond motifs is 1. The van der Waals surface area contributed by atoms with Gasteiger partial charge in [0.05, 0.1) is 18.0 Å². The summed E-state index contributed by atoms with van der Waals surface area (Å²) in [5.41, 5.74) is 1.00. The van der Waals surface area contributed by atoms with Gasteiger partial charge in [-0.05, 0) is 12.1 Å². The van der Waals surface area contributed by atoms with Gasteiger partial charge in [0.1, 0.15) is 0 Å². The highest BCUT2D eigenvalue weighted by Crippen LogP contribution is 2.20. The van der Waals surface area contributed by atoms with Crippen LogP contribution in [0.2, 0.25) is 0 Å². The van der Waals surface area contributed by atoms with Crippen LogP contribution in [0.15, 0.2) is 24.3 Å². The van der Waals surface area contributed by atoms with E-state index in [-0.39, 0.29) is 0 Å². The largest absolute Gasteiger partial charge is 0.480 e. The summed E-state index contributed by atoms with van der Waals surface area (Å²) >= 11 is 0. The molecule has 3 nitrogen and oxygen atoms in total. The van der Waals surface area contributed by atoms with Crippen molar-refractivity contribution in [3.8, 4) is 5.88 Å². The smallest absolute Gasteiger partial charge is 0.240 e. The molecule has 1 aromatic heterocycles. The van der Waals surface area contributed by atoms with Crippen molar-refractivity contribution in [3.05, 3.63) is 24.3 Å². The first kappa shape index (κ1) is 6.22. The number of rotatable bonds is 1. The third-order valence-corrected chi connectivity index (χ3v) is 1.63. The lowest BCUT2D eigenvalue weighted by Crippen LogP contribution is -1.81. The van der Waals surface area contributed by atoms with Gasteiger partial charge < -0.3 is 4.74 Å². The molecule has 1 heterocycles. The van der Waals surface area contributed by atoms with E-state index in [1.54, 1.807) is 7.11 Å². The number of nitrogens with one attached hydrogen (secondary N) is 1. The van der Waals surface area contributed by atoms with Crippen LogP contribution in [0.1, 0.15) is 0 Å². The normalized spacial score (nSPS) is 10.3. The number of aromatic nitrogens is 2. The zero-order valence-corrected chi connectivity index (χ0v) is 6.16. The Bertz CT molecular complexity index is 367. The van der Waals surface area contributed by atoms with Gasteiger partial charge in [0.25, 0.3) is 0 Å². The molecule has 2 rings (SSSR count). The minimum absolute atomic E-state index is 0.653. The van der Waals surface area contributed by atoms with Crippen LogP contribution in [0, 0.1) is 0 Å². The molecule has 0 radical (unpaired) electrons. The Morgan fingerprint density at radius 2 is 2.18 bits per heavy atom. The minimum atomic E-state index is 0.653. The summed E-state index contributed by atoms with van der Waals surface area (Å²) in [6, 6.07) is 7.85. The van der Waals surface area contributed by atoms with Gasteiger partial charge in [-0.25, -0.2) is 0 Å². The summed E-state index contributed by atoms with van der Waals surface area (Å²) in [6.45, 7) is 0. The van der Waals surface area contributed by atoms with Crippen molar-refractivity contribution < 1.29 is 4.74 Å². The predicted molar refractivity (Wildman–Crippen MR) is 42.6 cm³/mol. The highest BCUT2D eigenvalue weighted by Gasteiger charge is 2.01. The summed E-state index contributed by atoms with van der Waals surface area (Å²) in [6.07, 6.45) is 0. The Morgan fingerprint density at radius 1 is 1.36 bits per heavy atom. The first-order valence-electron chi connectivity index (χ1n) is 3.39. The van der Waals surface area contributed by atoms with Gasteiger partial charge in [0, 0.05) is 0 Å². The lowest BCUT2D eigenvalue weighted by Gasteiger charge is -1.91. The number of methoxy groups -OCH3 is 1. The topological polar surface area (TPSA) is 37.9 Å². The van der Waals surface area contributed by atoms with Gasteiger partial charge in [0.15, 0.2) is 0 Å². The molecule has 0 saturated carbocycles. The van der Waals surface area contributed by atoms with Crippen LogP contribution in [-0.4, -0.2) is 17.3 Å². The lowest BCUT2D eigenvalue weighted by atomic mass is 10.2. The van der Waals surface area contributed by atoms with Crippen molar-refractivity contribution in [1.82, 2.24) is 10.2 Å². The summed E-state index contributed by atoms with van der Waals surface area (Å²) in [4.78, 5) is 0. The summed E-state index contributed by atoms with van der Waals surface area (Å²) in [5.74, 6) is 0.653. The lowest BCUT2D eigenvalue weighted by molar-refractivity contribution is 0.401. The number of hydrogen-bond acceptors (Lipinski definition) is 2. The van der Waals surface area contributed by atoms with Crippen LogP contribution in [0.5, 0.6) is 5.88 Å². The van der Waals surface area contributed by atoms with Gasteiger partial charge in [-0.15, -0.1) is 5.10 Å². The molecule has 3 heteroatoms. The van der Waals surface area contributed by atoms with E-state index < -0.39 is 0 Å². The maximum Gasteiger partial charge on any atom is 0.240 e. The Hall–Kier alpha value is -1.51. The average Bonchev–Trinajstić information content (AvgIpc) is 2.47. The quantitative estimate of drug-likeness (QED) is 0.666. The van der Waals surface area contributed by atoms with E-state index in [0.29, 0.717) is 5.88 Å². The molecule has 0 aliphatic heterocycles. The predicted octanol–water partition coefficient (Wildman–Crippen LogP) is 1.57. The number of para-hydroxylation sites is 1. The number of benzene rings is 1. The molecule has 11 heavy (non-hydrogen) atoms. The fraction of sp³-hybridized carbons (Fsp3) is 0.125. The van der Waals surface area contributed by atoms with Crippen LogP contribution < -0.4 is 4.74 Å². The zero-order chi connectivity index (χ0) is 7.68. The van der Waals surface area contributed by atoms with Crippen molar-refractivity contribution >= 4 is 10.9 Å². The highest BCUT2D eigenvalue weighted by atomic mass is 16.5. The maximum atomic E-state index is 5.03. The van der Waals surface area contributed by atoms with Crippen LogP contribution in [0.4, 0.5) is 0 Å². The molecule has 0 atom stereocenters. The third-order valence-electron chi connectivity index (χ3n) is 1.63. The Balaban J connectivity index is 2.76. The average molecular weight is 148 g/mol. The number of hydrogen-bond donors (Lipinski definition) is 1. The number of nitrogens with zero attached hydrogens (tertiary/aromatic N) is 1. The molecule has 0 spiro atoms. The molecular formula is C8H8N2O. The molecule has 0 aliphatic rings. The number of H-pyrrole nitrogens is 1. The van der Waals surface area contributed by atoms with Crippen molar-refractivity contribution in [2.45, 2.75) is 0 Å². The van der Waals surface area contributed by atoms with Crippen LogP contribution >= 0.6 is 0 Å². The summed E-state index contributed by atoms with van der Waals surface area (Å²) < 4.78 is 5.03. The number of ether oxygens (including phenoxy) is 1. The van der Waals surface area contributed by atoms with Crippen LogP contribution in [0.3, 0.4) is 0 Å². The fourth-order valence-electron chi connectivity index (χ4n) is 1.09. The van der Waals surface area contributed by atoms with E-state index in [1.807, 2.05) is 24.3 Å². The second kappa shape index (κ2) is 2.27. The van der Waals surface area contributed by atoms with E-state index in [4.69, 9.17) is 4.74 Å². The summed E-state index contributed by atoms with van der Waals surface area (Å²) in [7, 11) is 1.61. The molecule has 0 fully saturated rings. The van der Waals surface area contributed by atoms with Crippen LogP contribution in [-0.2, 0) is 0 Å². The molecule has 1 N–H and O–H groups in total. The molecule has 56 valence electrons. The van der Waals surface area contributed by atoms with Gasteiger partial charge in [0.2, 0.25) is 5.88 Å². The fourth-order valence-corrected chi connectivity index (χ4v) is 1.09. The summed E-state index contributed by atoms with van der Waals surface area (Å²) in [5, 5.41) is 7.85. The van der Waals surface area contributed by atoms with Crippen molar-refractivity contribution in [3.63, 3.8) is 0 Å². The van der Waals surface area contributed by atoms with E-state index in [0.717, 1.165) is 10.9 Å². The standard InChI is InChI=1S/C8H8N2O/c1-11-8-6-4-2-3-5-7(6)9-10-8/h2-5H,1H3,(H,9,10). The molecule has 0 aliphatic carbocycles. The van der Waals surface area contributed by atoms with E-state index in [9.17, 15) is 0 Å². The van der Waals surface area contributed by atoms with E-state index in [2.05, 4.69) is 10.2 Å². The number of aromatic amines is 1. The molecule has 0 amide bonds. The van der Waals surface area contributed by atoms with Gasteiger partial charge in [-0.3, -0.25) is 5.10 Å². The van der Waals surface area contributed by atoms with Crippen molar-refractivity contribution in [1.29, 1.82) is 0 Å². The van der Waals surface area contributed by atoms with Crippen molar-refractivity contribution in [2.24, 2.45) is 0 Å². The Morgan fingerprint density at radius 3 is 3.00 bits per heavy atom. The highest BCUT2D eigenvalue weighted by molar-refractivity contribution is 5.83. The van der Waals surface area contributed by atoms with Gasteiger partial charge >= 0.3 is 0 Å². The first-order valence-corrected chi connectivity index (χ1v) is 3.39. The molecule has 2 aromatic rings.